The van der Waals surface area contributed by atoms with Crippen LogP contribution in [0.1, 0.15) is 32.3 Å². The maximum absolute atomic E-state index is 12.0. The van der Waals surface area contributed by atoms with Crippen molar-refractivity contribution < 1.29 is 32.6 Å². The normalized spacial score (nSPS) is 20.2. The average molecular weight is 443 g/mol. The van der Waals surface area contributed by atoms with E-state index in [9.17, 15) is 18.0 Å². The molecule has 0 bridgehead atoms. The molecule has 0 aromatic heterocycles. The fourth-order valence-corrected chi connectivity index (χ4v) is 3.30. The number of aliphatic carboxylic acids is 1. The molecule has 9 nitrogen and oxygen atoms in total. The van der Waals surface area contributed by atoms with Crippen LogP contribution in [0.2, 0.25) is 0 Å². The van der Waals surface area contributed by atoms with E-state index in [1.807, 2.05) is 11.8 Å². The third-order valence-corrected chi connectivity index (χ3v) is 5.09. The van der Waals surface area contributed by atoms with Gasteiger partial charge in [0.1, 0.15) is 18.4 Å². The minimum absolute atomic E-state index is 0.0998. The highest BCUT2D eigenvalue weighted by Gasteiger charge is 2.38. The molecule has 1 saturated heterocycles. The highest BCUT2D eigenvalue weighted by Crippen LogP contribution is 2.41. The van der Waals surface area contributed by atoms with E-state index in [0.717, 1.165) is 36.0 Å². The Morgan fingerprint density at radius 2 is 2.00 bits per heavy atom. The van der Waals surface area contributed by atoms with Gasteiger partial charge in [-0.2, -0.15) is 18.3 Å². The lowest BCUT2D eigenvalue weighted by Crippen LogP contribution is -2.55. The van der Waals surface area contributed by atoms with E-state index in [1.54, 1.807) is 0 Å². The fraction of sp³-hybridized carbons (Fsp3) is 0.526. The first-order valence-electron chi connectivity index (χ1n) is 9.72. The van der Waals surface area contributed by atoms with Gasteiger partial charge in [-0.15, -0.1) is 0 Å². The number of carboxylic acids is 1. The standard InChI is InChI=1S/C17H23N5O2.C2HF3O2/c1-9(2)12-4-15-14(5-13(12)19-11-6-18-7-11)22-10(3)17(23)21-20-16(22)8-24-15;3-2(4,5)1(6)7/h4-5,9-11,18-19H,6-8H2,1-3H3,(H,21,23);(H,6,7)/t10-;/m0./s1. The number of halogens is 3. The molecular formula is C19H24F3N5O4. The molecule has 4 N–H and O–H groups in total. The second kappa shape index (κ2) is 8.61. The molecule has 1 aromatic carbocycles. The minimum Gasteiger partial charge on any atom is -0.483 e. The number of carboxylic acid groups (broad SMARTS) is 1. The molecule has 0 saturated carbocycles. The summed E-state index contributed by atoms with van der Waals surface area (Å²) in [7, 11) is 0. The quantitative estimate of drug-likeness (QED) is 0.564. The number of anilines is 2. The number of nitrogens with one attached hydrogen (secondary N) is 3. The van der Waals surface area contributed by atoms with Gasteiger partial charge in [0.05, 0.1) is 11.7 Å². The Hall–Kier alpha value is -3.02. The third kappa shape index (κ3) is 4.84. The van der Waals surface area contributed by atoms with E-state index in [4.69, 9.17) is 14.6 Å². The Bertz CT molecular complexity index is 899. The van der Waals surface area contributed by atoms with Gasteiger partial charge in [0.25, 0.3) is 5.91 Å². The predicted molar refractivity (Wildman–Crippen MR) is 108 cm³/mol. The van der Waals surface area contributed by atoms with Crippen molar-refractivity contribution in [3.63, 3.8) is 0 Å². The highest BCUT2D eigenvalue weighted by atomic mass is 19.4. The summed E-state index contributed by atoms with van der Waals surface area (Å²) in [5.74, 6) is -0.920. The summed E-state index contributed by atoms with van der Waals surface area (Å²) in [6.45, 7) is 8.56. The molecule has 1 amide bonds. The Balaban J connectivity index is 0.000000339. The van der Waals surface area contributed by atoms with Crippen molar-refractivity contribution in [2.75, 3.05) is 29.9 Å². The second-order valence-corrected chi connectivity index (χ2v) is 7.70. The molecule has 0 unspecified atom stereocenters. The van der Waals surface area contributed by atoms with Crippen LogP contribution >= 0.6 is 0 Å². The molecule has 1 aromatic rings. The number of carbonyl (C=O) groups is 2. The Morgan fingerprint density at radius 3 is 2.52 bits per heavy atom. The van der Waals surface area contributed by atoms with Crippen LogP contribution < -0.4 is 25.7 Å². The van der Waals surface area contributed by atoms with Crippen molar-refractivity contribution >= 4 is 29.1 Å². The molecular weight excluding hydrogens is 419 g/mol. The number of hydrogen-bond acceptors (Lipinski definition) is 7. The lowest BCUT2D eigenvalue weighted by molar-refractivity contribution is -0.192. The number of benzene rings is 1. The molecule has 4 rings (SSSR count). The third-order valence-electron chi connectivity index (χ3n) is 5.09. The lowest BCUT2D eigenvalue weighted by Gasteiger charge is -2.39. The topological polar surface area (TPSA) is 115 Å². The van der Waals surface area contributed by atoms with Crippen LogP contribution in [0.5, 0.6) is 5.75 Å². The van der Waals surface area contributed by atoms with E-state index < -0.39 is 12.1 Å². The van der Waals surface area contributed by atoms with E-state index in [2.05, 4.69) is 47.1 Å². The summed E-state index contributed by atoms with van der Waals surface area (Å²) >= 11 is 0. The number of amidine groups is 1. The average Bonchev–Trinajstić information content (AvgIpc) is 2.66. The molecule has 0 spiro atoms. The van der Waals surface area contributed by atoms with Crippen LogP contribution in [0.25, 0.3) is 0 Å². The zero-order valence-corrected chi connectivity index (χ0v) is 17.2. The molecule has 0 aliphatic carbocycles. The number of carbonyl (C=O) groups excluding carboxylic acids is 1. The predicted octanol–water partition coefficient (Wildman–Crippen LogP) is 1.86. The van der Waals surface area contributed by atoms with Crippen molar-refractivity contribution in [2.45, 2.75) is 44.9 Å². The fourth-order valence-electron chi connectivity index (χ4n) is 3.30. The molecule has 3 aliphatic rings. The number of hydrazone groups is 1. The summed E-state index contributed by atoms with van der Waals surface area (Å²) in [4.78, 5) is 22.9. The molecule has 3 heterocycles. The lowest BCUT2D eigenvalue weighted by atomic mass is 9.97. The van der Waals surface area contributed by atoms with Crippen molar-refractivity contribution in [1.29, 1.82) is 0 Å². The molecule has 170 valence electrons. The van der Waals surface area contributed by atoms with Crippen molar-refractivity contribution in [2.24, 2.45) is 5.10 Å². The molecule has 12 heteroatoms. The number of rotatable bonds is 3. The highest BCUT2D eigenvalue weighted by molar-refractivity contribution is 6.09. The monoisotopic (exact) mass is 443 g/mol. The largest absolute Gasteiger partial charge is 0.490 e. The summed E-state index contributed by atoms with van der Waals surface area (Å²) in [6.07, 6.45) is -5.08. The van der Waals surface area contributed by atoms with E-state index >= 15 is 0 Å². The molecule has 0 radical (unpaired) electrons. The van der Waals surface area contributed by atoms with Crippen LogP contribution in [0.3, 0.4) is 0 Å². The maximum atomic E-state index is 12.0. The Kier molecular flexibility index (Phi) is 6.30. The van der Waals surface area contributed by atoms with E-state index in [0.29, 0.717) is 18.6 Å². The Labute approximate surface area is 176 Å². The van der Waals surface area contributed by atoms with Gasteiger partial charge in [0.2, 0.25) is 0 Å². The van der Waals surface area contributed by atoms with Gasteiger partial charge in [-0.3, -0.25) is 4.79 Å². The van der Waals surface area contributed by atoms with Gasteiger partial charge in [0, 0.05) is 18.8 Å². The first-order valence-corrected chi connectivity index (χ1v) is 9.72. The zero-order valence-electron chi connectivity index (χ0n) is 17.2. The van der Waals surface area contributed by atoms with Gasteiger partial charge in [-0.05, 0) is 30.5 Å². The molecule has 1 atom stereocenters. The summed E-state index contributed by atoms with van der Waals surface area (Å²) in [6, 6.07) is 4.35. The number of nitrogens with zero attached hydrogens (tertiary/aromatic N) is 2. The zero-order chi connectivity index (χ0) is 22.9. The van der Waals surface area contributed by atoms with Crippen molar-refractivity contribution in [3.8, 4) is 5.75 Å². The van der Waals surface area contributed by atoms with Crippen LogP contribution in [-0.2, 0) is 9.59 Å². The van der Waals surface area contributed by atoms with Gasteiger partial charge >= 0.3 is 12.1 Å². The first kappa shape index (κ1) is 22.7. The van der Waals surface area contributed by atoms with Gasteiger partial charge in [-0.25, -0.2) is 10.2 Å². The minimum atomic E-state index is -5.08. The summed E-state index contributed by atoms with van der Waals surface area (Å²) < 4.78 is 37.6. The van der Waals surface area contributed by atoms with Crippen LogP contribution in [0.15, 0.2) is 17.2 Å². The molecule has 3 aliphatic heterocycles. The summed E-state index contributed by atoms with van der Waals surface area (Å²) in [5, 5.41) is 18.2. The van der Waals surface area contributed by atoms with Gasteiger partial charge in [-0.1, -0.05) is 13.8 Å². The van der Waals surface area contributed by atoms with Crippen molar-refractivity contribution in [1.82, 2.24) is 10.7 Å². The number of amides is 1. The summed E-state index contributed by atoms with van der Waals surface area (Å²) in [5.41, 5.74) is 5.81. The van der Waals surface area contributed by atoms with Gasteiger partial charge < -0.3 is 25.4 Å². The van der Waals surface area contributed by atoms with E-state index in [-0.39, 0.29) is 11.9 Å². The maximum Gasteiger partial charge on any atom is 0.490 e. The SMILES string of the molecule is CC(C)c1cc2c(cc1NC1CNC1)N1C(=NNC(=O)[C@@H]1C)CO2.O=C(O)C(F)(F)F. The first-order chi connectivity index (χ1) is 14.5. The number of alkyl halides is 3. The van der Waals surface area contributed by atoms with Crippen molar-refractivity contribution in [3.05, 3.63) is 17.7 Å². The number of hydrogen-bond donors (Lipinski definition) is 4. The number of fused-ring (bicyclic) bond motifs is 3. The van der Waals surface area contributed by atoms with E-state index in [1.165, 1.54) is 5.56 Å². The smallest absolute Gasteiger partial charge is 0.483 e. The van der Waals surface area contributed by atoms with Crippen LogP contribution in [0, 0.1) is 0 Å². The number of ether oxygens (including phenoxy) is 1. The second-order valence-electron chi connectivity index (χ2n) is 7.70. The van der Waals surface area contributed by atoms with Gasteiger partial charge in [0.15, 0.2) is 5.84 Å². The Morgan fingerprint density at radius 1 is 1.35 bits per heavy atom. The molecule has 1 fully saturated rings. The molecule has 31 heavy (non-hydrogen) atoms. The van der Waals surface area contributed by atoms with Crippen LogP contribution in [-0.4, -0.2) is 60.8 Å². The van der Waals surface area contributed by atoms with Crippen LogP contribution in [0.4, 0.5) is 24.5 Å².